The van der Waals surface area contributed by atoms with Crippen molar-refractivity contribution in [3.63, 3.8) is 0 Å². The first kappa shape index (κ1) is 7.60. The van der Waals surface area contributed by atoms with Gasteiger partial charge in [0.2, 0.25) is 0 Å². The average molecular weight is 174 g/mol. The maximum absolute atomic E-state index is 5.33. The number of hydrogen-bond acceptors (Lipinski definition) is 5. The first-order valence-corrected chi connectivity index (χ1v) is 3.63. The highest BCUT2D eigenvalue weighted by Gasteiger charge is 1.95. The molecule has 0 saturated heterocycles. The molecule has 13 heavy (non-hydrogen) atoms. The van der Waals surface area contributed by atoms with E-state index in [0.717, 1.165) is 0 Å². The molecule has 0 amide bonds. The summed E-state index contributed by atoms with van der Waals surface area (Å²) in [5.74, 6) is 1.13. The van der Waals surface area contributed by atoms with Crippen LogP contribution in [0.2, 0.25) is 0 Å². The standard InChI is InChI=1S/C8H6N4O/c1-7(2-10-5-9-1)13-8-3-11-6-12-4-8/h1-6H. The van der Waals surface area contributed by atoms with Crippen LogP contribution >= 0.6 is 0 Å². The molecular formula is C8H6N4O. The van der Waals surface area contributed by atoms with Gasteiger partial charge < -0.3 is 4.74 Å². The number of aromatic nitrogens is 4. The number of ether oxygens (including phenoxy) is 1. The van der Waals surface area contributed by atoms with Crippen LogP contribution in [-0.2, 0) is 0 Å². The minimum atomic E-state index is 0.567. The Hall–Kier alpha value is -2.04. The van der Waals surface area contributed by atoms with Gasteiger partial charge in [0.15, 0.2) is 11.5 Å². The Kier molecular flexibility index (Phi) is 2.09. The molecule has 0 radical (unpaired) electrons. The van der Waals surface area contributed by atoms with Gasteiger partial charge in [-0.3, -0.25) is 0 Å². The van der Waals surface area contributed by atoms with E-state index in [4.69, 9.17) is 4.74 Å². The fourth-order valence-corrected chi connectivity index (χ4v) is 0.812. The van der Waals surface area contributed by atoms with Crippen molar-refractivity contribution in [3.8, 4) is 11.5 Å². The highest BCUT2D eigenvalue weighted by atomic mass is 16.5. The third-order valence-electron chi connectivity index (χ3n) is 1.31. The zero-order valence-electron chi connectivity index (χ0n) is 6.66. The molecular weight excluding hydrogens is 168 g/mol. The molecule has 0 unspecified atom stereocenters. The van der Waals surface area contributed by atoms with Gasteiger partial charge in [-0.15, -0.1) is 0 Å². The molecule has 0 aliphatic rings. The fraction of sp³-hybridized carbons (Fsp3) is 0. The summed E-state index contributed by atoms with van der Waals surface area (Å²) in [7, 11) is 0. The van der Waals surface area contributed by atoms with E-state index in [-0.39, 0.29) is 0 Å². The lowest BCUT2D eigenvalue weighted by Gasteiger charge is -2.01. The summed E-state index contributed by atoms with van der Waals surface area (Å²) in [5, 5.41) is 0. The lowest BCUT2D eigenvalue weighted by Crippen LogP contribution is -1.87. The molecule has 0 aromatic carbocycles. The van der Waals surface area contributed by atoms with Crippen LogP contribution in [0.4, 0.5) is 0 Å². The smallest absolute Gasteiger partial charge is 0.164 e. The minimum Gasteiger partial charge on any atom is -0.451 e. The fourth-order valence-electron chi connectivity index (χ4n) is 0.812. The quantitative estimate of drug-likeness (QED) is 0.681. The van der Waals surface area contributed by atoms with Crippen molar-refractivity contribution in [2.75, 3.05) is 0 Å². The van der Waals surface area contributed by atoms with E-state index < -0.39 is 0 Å². The summed E-state index contributed by atoms with van der Waals surface area (Å²) < 4.78 is 5.33. The van der Waals surface area contributed by atoms with Gasteiger partial charge in [-0.1, -0.05) is 0 Å². The summed E-state index contributed by atoms with van der Waals surface area (Å²) in [6.07, 6.45) is 9.16. The van der Waals surface area contributed by atoms with Crippen molar-refractivity contribution < 1.29 is 4.74 Å². The third-order valence-corrected chi connectivity index (χ3v) is 1.31. The van der Waals surface area contributed by atoms with Crippen LogP contribution in [0.3, 0.4) is 0 Å². The second-order valence-electron chi connectivity index (χ2n) is 2.25. The zero-order chi connectivity index (χ0) is 8.93. The van der Waals surface area contributed by atoms with Gasteiger partial charge in [0.25, 0.3) is 0 Å². The highest BCUT2D eigenvalue weighted by molar-refractivity contribution is 5.21. The van der Waals surface area contributed by atoms with Crippen LogP contribution in [0.5, 0.6) is 11.5 Å². The van der Waals surface area contributed by atoms with Crippen molar-refractivity contribution in [1.82, 2.24) is 19.9 Å². The molecule has 5 heteroatoms. The summed E-state index contributed by atoms with van der Waals surface area (Å²) in [5.41, 5.74) is 0. The summed E-state index contributed by atoms with van der Waals surface area (Å²) >= 11 is 0. The van der Waals surface area contributed by atoms with E-state index in [2.05, 4.69) is 19.9 Å². The monoisotopic (exact) mass is 174 g/mol. The number of rotatable bonds is 2. The Bertz CT molecular complexity index is 327. The summed E-state index contributed by atoms with van der Waals surface area (Å²) in [4.78, 5) is 15.2. The number of nitrogens with zero attached hydrogens (tertiary/aromatic N) is 4. The predicted molar refractivity (Wildman–Crippen MR) is 44.1 cm³/mol. The van der Waals surface area contributed by atoms with Crippen molar-refractivity contribution in [1.29, 1.82) is 0 Å². The first-order valence-electron chi connectivity index (χ1n) is 3.63. The van der Waals surface area contributed by atoms with Gasteiger partial charge in [-0.05, 0) is 0 Å². The molecule has 64 valence electrons. The van der Waals surface area contributed by atoms with E-state index in [9.17, 15) is 0 Å². The zero-order valence-corrected chi connectivity index (χ0v) is 6.66. The molecule has 0 bridgehead atoms. The SMILES string of the molecule is c1ncc(Oc2cncnc2)cn1. The molecule has 0 fully saturated rings. The van der Waals surface area contributed by atoms with Gasteiger partial charge in [-0.25, -0.2) is 19.9 Å². The lowest BCUT2D eigenvalue weighted by molar-refractivity contribution is 0.472. The van der Waals surface area contributed by atoms with Crippen molar-refractivity contribution >= 4 is 0 Å². The Morgan fingerprint density at radius 3 is 1.46 bits per heavy atom. The van der Waals surface area contributed by atoms with E-state index in [1.807, 2.05) is 0 Å². The van der Waals surface area contributed by atoms with Crippen molar-refractivity contribution in [2.24, 2.45) is 0 Å². The second-order valence-corrected chi connectivity index (χ2v) is 2.25. The van der Waals surface area contributed by atoms with Gasteiger partial charge in [0, 0.05) is 0 Å². The number of hydrogen-bond donors (Lipinski definition) is 0. The predicted octanol–water partition coefficient (Wildman–Crippen LogP) is 1.06. The molecule has 2 aromatic rings. The Labute approximate surface area is 74.5 Å². The van der Waals surface area contributed by atoms with Crippen LogP contribution in [0, 0.1) is 0 Å². The van der Waals surface area contributed by atoms with E-state index in [1.165, 1.54) is 12.7 Å². The summed E-state index contributed by atoms with van der Waals surface area (Å²) in [6, 6.07) is 0. The van der Waals surface area contributed by atoms with E-state index in [1.54, 1.807) is 24.8 Å². The third kappa shape index (κ3) is 1.96. The van der Waals surface area contributed by atoms with Gasteiger partial charge in [-0.2, -0.15) is 0 Å². The van der Waals surface area contributed by atoms with Crippen LogP contribution in [0.1, 0.15) is 0 Å². The Morgan fingerprint density at radius 2 is 1.08 bits per heavy atom. The molecule has 0 aliphatic carbocycles. The normalized spacial score (nSPS) is 9.54. The Morgan fingerprint density at radius 1 is 0.692 bits per heavy atom. The largest absolute Gasteiger partial charge is 0.451 e. The van der Waals surface area contributed by atoms with Crippen molar-refractivity contribution in [2.45, 2.75) is 0 Å². The molecule has 0 N–H and O–H groups in total. The molecule has 0 spiro atoms. The molecule has 2 heterocycles. The minimum absolute atomic E-state index is 0.567. The van der Waals surface area contributed by atoms with Gasteiger partial charge in [0.05, 0.1) is 24.8 Å². The molecule has 2 rings (SSSR count). The molecule has 0 aliphatic heterocycles. The van der Waals surface area contributed by atoms with Crippen LogP contribution in [0.25, 0.3) is 0 Å². The van der Waals surface area contributed by atoms with Crippen molar-refractivity contribution in [3.05, 3.63) is 37.4 Å². The molecule has 2 aromatic heterocycles. The molecule has 0 atom stereocenters. The second kappa shape index (κ2) is 3.57. The van der Waals surface area contributed by atoms with Gasteiger partial charge in [0.1, 0.15) is 12.7 Å². The molecule has 5 nitrogen and oxygen atoms in total. The maximum atomic E-state index is 5.33. The van der Waals surface area contributed by atoms with Gasteiger partial charge >= 0.3 is 0 Å². The van der Waals surface area contributed by atoms with E-state index >= 15 is 0 Å². The first-order chi connectivity index (χ1) is 6.45. The van der Waals surface area contributed by atoms with E-state index in [0.29, 0.717) is 11.5 Å². The maximum Gasteiger partial charge on any atom is 0.164 e. The summed E-state index contributed by atoms with van der Waals surface area (Å²) in [6.45, 7) is 0. The van der Waals surface area contributed by atoms with Crippen LogP contribution in [-0.4, -0.2) is 19.9 Å². The topological polar surface area (TPSA) is 60.8 Å². The van der Waals surface area contributed by atoms with Crippen LogP contribution < -0.4 is 4.74 Å². The lowest BCUT2D eigenvalue weighted by atomic mass is 10.5. The average Bonchev–Trinajstić information content (AvgIpc) is 2.21. The Balaban J connectivity index is 2.16. The molecule has 0 saturated carbocycles. The van der Waals surface area contributed by atoms with Crippen LogP contribution in [0.15, 0.2) is 37.4 Å². The highest BCUT2D eigenvalue weighted by Crippen LogP contribution is 2.15.